The van der Waals surface area contributed by atoms with Gasteiger partial charge in [0.25, 0.3) is 0 Å². The highest BCUT2D eigenvalue weighted by Gasteiger charge is 2.66. The maximum absolute atomic E-state index is 6.60. The lowest BCUT2D eigenvalue weighted by atomic mass is 9.52. The molecule has 4 fully saturated rings. The highest BCUT2D eigenvalue weighted by Crippen LogP contribution is 2.67. The van der Waals surface area contributed by atoms with Crippen LogP contribution in [0.15, 0.2) is 10.2 Å². The summed E-state index contributed by atoms with van der Waals surface area (Å²) in [6.45, 7) is 0. The Labute approximate surface area is 82.8 Å². The number of halogens is 1. The molecule has 1 heterocycles. The first-order valence-electron chi connectivity index (χ1n) is 5.33. The molecule has 4 atom stereocenters. The van der Waals surface area contributed by atoms with Crippen molar-refractivity contribution in [1.82, 2.24) is 0 Å². The molecule has 3 heteroatoms. The predicted molar refractivity (Wildman–Crippen MR) is 49.7 cm³/mol. The van der Waals surface area contributed by atoms with Gasteiger partial charge in [0.2, 0.25) is 0 Å². The maximum atomic E-state index is 6.60. The molecule has 13 heavy (non-hydrogen) atoms. The lowest BCUT2D eigenvalue weighted by molar-refractivity contribution is -0.00762. The number of rotatable bonds is 0. The second-order valence-electron chi connectivity index (χ2n) is 5.48. The van der Waals surface area contributed by atoms with Gasteiger partial charge in [-0.3, -0.25) is 0 Å². The molecule has 0 N–H and O–H groups in total. The van der Waals surface area contributed by atoms with Gasteiger partial charge in [-0.2, -0.15) is 10.2 Å². The first-order valence-corrected chi connectivity index (χ1v) is 5.71. The van der Waals surface area contributed by atoms with Gasteiger partial charge in [0.05, 0.1) is 0 Å². The van der Waals surface area contributed by atoms with Crippen molar-refractivity contribution in [2.24, 2.45) is 28.0 Å². The summed E-state index contributed by atoms with van der Waals surface area (Å²) in [7, 11) is 0. The molecule has 0 saturated heterocycles. The van der Waals surface area contributed by atoms with E-state index in [2.05, 4.69) is 10.2 Å². The lowest BCUT2D eigenvalue weighted by Gasteiger charge is -2.56. The van der Waals surface area contributed by atoms with Crippen LogP contribution in [0.4, 0.5) is 0 Å². The van der Waals surface area contributed by atoms with Crippen LogP contribution in [0.1, 0.15) is 32.1 Å². The Hall–Kier alpha value is -0.110. The van der Waals surface area contributed by atoms with Crippen LogP contribution >= 0.6 is 11.6 Å². The lowest BCUT2D eigenvalue weighted by Crippen LogP contribution is -2.56. The van der Waals surface area contributed by atoms with Gasteiger partial charge in [-0.25, -0.2) is 0 Å². The third-order valence-electron chi connectivity index (χ3n) is 4.65. The molecule has 4 aliphatic carbocycles. The van der Waals surface area contributed by atoms with Crippen molar-refractivity contribution in [3.05, 3.63) is 0 Å². The van der Waals surface area contributed by atoms with E-state index >= 15 is 0 Å². The number of hydrogen-bond acceptors (Lipinski definition) is 2. The summed E-state index contributed by atoms with van der Waals surface area (Å²) in [4.78, 5) is 0.148. The Kier molecular flexibility index (Phi) is 1.01. The zero-order chi connectivity index (χ0) is 8.68. The highest BCUT2D eigenvalue weighted by atomic mass is 35.5. The smallest absolute Gasteiger partial charge is 0.158 e. The predicted octanol–water partition coefficient (Wildman–Crippen LogP) is 2.97. The van der Waals surface area contributed by atoms with Crippen LogP contribution in [-0.4, -0.2) is 10.5 Å². The van der Waals surface area contributed by atoms with Crippen LogP contribution < -0.4 is 0 Å². The fraction of sp³-hybridized carbons (Fsp3) is 1.00. The van der Waals surface area contributed by atoms with E-state index in [1.807, 2.05) is 0 Å². The maximum Gasteiger partial charge on any atom is 0.196 e. The van der Waals surface area contributed by atoms with E-state index in [1.165, 1.54) is 32.1 Å². The summed E-state index contributed by atoms with van der Waals surface area (Å²) >= 11 is 6.60. The summed E-state index contributed by atoms with van der Waals surface area (Å²) in [5.74, 6) is 2.30. The standard InChI is InChI=1S/C10H13ClN2/c11-9-3-6-1-7(4-9)10(12-13-10)8(2-6)5-9/h6-8H,1-5H2/t6?,7-,8+,9?. The van der Waals surface area contributed by atoms with Gasteiger partial charge in [-0.15, -0.1) is 11.6 Å². The normalized spacial score (nSPS) is 59.0. The fourth-order valence-electron chi connectivity index (χ4n) is 4.25. The number of hydrogen-bond donors (Lipinski definition) is 0. The topological polar surface area (TPSA) is 24.7 Å². The van der Waals surface area contributed by atoms with Gasteiger partial charge in [0.1, 0.15) is 0 Å². The molecule has 0 amide bonds. The monoisotopic (exact) mass is 196 g/mol. The van der Waals surface area contributed by atoms with Crippen molar-refractivity contribution in [2.75, 3.05) is 0 Å². The van der Waals surface area contributed by atoms with Crippen molar-refractivity contribution < 1.29 is 0 Å². The minimum absolute atomic E-state index is 0.0926. The van der Waals surface area contributed by atoms with Gasteiger partial charge >= 0.3 is 0 Å². The van der Waals surface area contributed by atoms with Crippen molar-refractivity contribution in [1.29, 1.82) is 0 Å². The van der Waals surface area contributed by atoms with E-state index in [4.69, 9.17) is 11.6 Å². The van der Waals surface area contributed by atoms with E-state index in [9.17, 15) is 0 Å². The zero-order valence-electron chi connectivity index (χ0n) is 7.54. The molecule has 4 saturated carbocycles. The van der Waals surface area contributed by atoms with E-state index in [1.54, 1.807) is 0 Å². The molecule has 0 aromatic rings. The Balaban J connectivity index is 1.79. The average Bonchev–Trinajstić information content (AvgIpc) is 2.77. The molecule has 0 aromatic heterocycles. The minimum Gasteiger partial charge on any atom is -0.158 e. The van der Waals surface area contributed by atoms with Crippen LogP contribution in [0.2, 0.25) is 0 Å². The summed E-state index contributed by atoms with van der Waals surface area (Å²) < 4.78 is 0. The molecule has 0 aromatic carbocycles. The van der Waals surface area contributed by atoms with Crippen LogP contribution in [0.3, 0.4) is 0 Å². The van der Waals surface area contributed by atoms with Gasteiger partial charge in [-0.05, 0) is 38.0 Å². The number of nitrogens with zero attached hydrogens (tertiary/aromatic N) is 2. The van der Waals surface area contributed by atoms with Crippen molar-refractivity contribution in [3.8, 4) is 0 Å². The van der Waals surface area contributed by atoms with E-state index < -0.39 is 0 Å². The molecule has 0 radical (unpaired) electrons. The van der Waals surface area contributed by atoms with Crippen LogP contribution in [-0.2, 0) is 0 Å². The van der Waals surface area contributed by atoms with Crippen molar-refractivity contribution >= 4 is 11.6 Å². The number of alkyl halides is 1. The molecule has 70 valence electrons. The first-order chi connectivity index (χ1) is 6.20. The largest absolute Gasteiger partial charge is 0.196 e. The Morgan fingerprint density at radius 1 is 1.00 bits per heavy atom. The second kappa shape index (κ2) is 1.81. The van der Waals surface area contributed by atoms with Crippen molar-refractivity contribution in [3.63, 3.8) is 0 Å². The third kappa shape index (κ3) is 0.731. The van der Waals surface area contributed by atoms with Crippen LogP contribution in [0.25, 0.3) is 0 Å². The van der Waals surface area contributed by atoms with Crippen LogP contribution in [0.5, 0.6) is 0 Å². The minimum atomic E-state index is 0.0926. The molecule has 2 nitrogen and oxygen atoms in total. The van der Waals surface area contributed by atoms with Crippen molar-refractivity contribution in [2.45, 2.75) is 42.6 Å². The van der Waals surface area contributed by atoms with Gasteiger partial charge in [0, 0.05) is 16.7 Å². The van der Waals surface area contributed by atoms with Gasteiger partial charge in [-0.1, -0.05) is 0 Å². The fourth-order valence-corrected chi connectivity index (χ4v) is 4.84. The summed E-state index contributed by atoms with van der Waals surface area (Å²) in [6.07, 6.45) is 6.30. The summed E-state index contributed by atoms with van der Waals surface area (Å²) in [5.41, 5.74) is 0.0926. The highest BCUT2D eigenvalue weighted by molar-refractivity contribution is 6.24. The van der Waals surface area contributed by atoms with Gasteiger partial charge < -0.3 is 0 Å². The van der Waals surface area contributed by atoms with Crippen LogP contribution in [0, 0.1) is 17.8 Å². The van der Waals surface area contributed by atoms with E-state index in [0.717, 1.165) is 5.92 Å². The summed E-state index contributed by atoms with van der Waals surface area (Å²) in [5, 5.41) is 8.66. The SMILES string of the molecule is ClC12CC3C[C@H](C1)C1(N=N1)[C@@H](C3)C2. The molecule has 4 bridgehead atoms. The second-order valence-corrected chi connectivity index (χ2v) is 6.28. The molecule has 5 rings (SSSR count). The molecular weight excluding hydrogens is 184 g/mol. The average molecular weight is 197 g/mol. The third-order valence-corrected chi connectivity index (χ3v) is 5.11. The Morgan fingerprint density at radius 3 is 2.08 bits per heavy atom. The quantitative estimate of drug-likeness (QED) is 0.533. The molecule has 1 spiro atoms. The Bertz CT molecular complexity index is 288. The molecule has 2 unspecified atom stereocenters. The molecule has 5 aliphatic rings. The Morgan fingerprint density at radius 2 is 1.62 bits per heavy atom. The molecular formula is C10H13ClN2. The summed E-state index contributed by atoms with van der Waals surface area (Å²) in [6, 6.07) is 0. The van der Waals surface area contributed by atoms with E-state index in [0.29, 0.717) is 11.8 Å². The first kappa shape index (κ1) is 7.22. The van der Waals surface area contributed by atoms with E-state index in [-0.39, 0.29) is 10.5 Å². The zero-order valence-corrected chi connectivity index (χ0v) is 8.30. The molecule has 1 aliphatic heterocycles. The van der Waals surface area contributed by atoms with Gasteiger partial charge in [0.15, 0.2) is 5.66 Å².